The number of amides is 1. The number of rotatable bonds is 10. The smallest absolute Gasteiger partial charge is 0.311 e. The van der Waals surface area contributed by atoms with E-state index in [0.717, 1.165) is 5.56 Å². The molecule has 1 aromatic carbocycles. The standard InChI is InChI=1S/C23H27N5O6.HI/c1-15(29)24-23-25-21-20(22(32)26-23)28(11-18-7-5-4-6-8-18)14-27(21)10-9-19(12-33-16(2)30)13-34-17(3)31;/h4-8,14,19H,9-13H2,1-3H3,(H-,24,25,26,29,32);1H. The maximum absolute atomic E-state index is 12.9. The van der Waals surface area contributed by atoms with Gasteiger partial charge in [0.15, 0.2) is 6.33 Å². The first-order valence-electron chi connectivity index (χ1n) is 10.8. The third-order valence-corrected chi connectivity index (χ3v) is 5.03. The summed E-state index contributed by atoms with van der Waals surface area (Å²) in [5.41, 5.74) is 1.36. The highest BCUT2D eigenvalue weighted by Crippen LogP contribution is 2.12. The van der Waals surface area contributed by atoms with Crippen LogP contribution in [0, 0.1) is 5.92 Å². The van der Waals surface area contributed by atoms with Crippen LogP contribution in [0.5, 0.6) is 0 Å². The highest BCUT2D eigenvalue weighted by Gasteiger charge is 2.24. The Balaban J connectivity index is 0.00000432. The van der Waals surface area contributed by atoms with Gasteiger partial charge in [-0.3, -0.25) is 34.0 Å². The number of nitrogens with zero attached hydrogens (tertiary/aromatic N) is 3. The molecule has 0 saturated heterocycles. The highest BCUT2D eigenvalue weighted by atomic mass is 127. The Bertz CT molecular complexity index is 1220. The van der Waals surface area contributed by atoms with Gasteiger partial charge in [-0.2, -0.15) is 0 Å². The number of carbonyl (C=O) groups is 3. The van der Waals surface area contributed by atoms with Gasteiger partial charge in [-0.25, -0.2) is 4.57 Å². The molecule has 1 amide bonds. The minimum Gasteiger partial charge on any atom is -1.00 e. The molecule has 35 heavy (non-hydrogen) atoms. The summed E-state index contributed by atoms with van der Waals surface area (Å²) in [7, 11) is 0. The second-order valence-electron chi connectivity index (χ2n) is 7.95. The number of fused-ring (bicyclic) bond motifs is 1. The largest absolute Gasteiger partial charge is 1.00 e. The zero-order valence-electron chi connectivity index (χ0n) is 19.7. The third-order valence-electron chi connectivity index (χ3n) is 5.03. The van der Waals surface area contributed by atoms with E-state index in [1.54, 1.807) is 15.5 Å². The molecule has 3 aromatic rings. The lowest BCUT2D eigenvalue weighted by atomic mass is 10.1. The average molecular weight is 597 g/mol. The summed E-state index contributed by atoms with van der Waals surface area (Å²) < 4.78 is 13.8. The number of nitrogens with one attached hydrogen (secondary N) is 2. The zero-order valence-corrected chi connectivity index (χ0v) is 21.9. The molecular formula is C23H28IN5O6. The zero-order chi connectivity index (χ0) is 24.7. The molecule has 0 aliphatic heterocycles. The van der Waals surface area contributed by atoms with Crippen LogP contribution in [0.1, 0.15) is 32.8 Å². The number of anilines is 1. The molecule has 3 rings (SSSR count). The monoisotopic (exact) mass is 597 g/mol. The fraction of sp³-hybridized carbons (Fsp3) is 0.391. The fourth-order valence-electron chi connectivity index (χ4n) is 3.49. The quantitative estimate of drug-likeness (QED) is 0.159. The molecule has 0 bridgehead atoms. The minimum absolute atomic E-state index is 0. The van der Waals surface area contributed by atoms with Crippen molar-refractivity contribution in [1.29, 1.82) is 0 Å². The van der Waals surface area contributed by atoms with Crippen molar-refractivity contribution < 1.29 is 52.4 Å². The molecule has 0 aliphatic carbocycles. The van der Waals surface area contributed by atoms with Crippen molar-refractivity contribution in [2.45, 2.75) is 40.3 Å². The number of aromatic amines is 1. The number of carbonyl (C=O) groups excluding carboxylic acids is 3. The number of imidazole rings is 1. The van der Waals surface area contributed by atoms with Gasteiger partial charge >= 0.3 is 17.6 Å². The summed E-state index contributed by atoms with van der Waals surface area (Å²) in [4.78, 5) is 54.0. The lowest BCUT2D eigenvalue weighted by Crippen LogP contribution is -3.00. The number of aryl methyl sites for hydroxylation is 1. The Kier molecular flexibility index (Phi) is 10.4. The van der Waals surface area contributed by atoms with Gasteiger partial charge in [0.05, 0.1) is 26.3 Å². The van der Waals surface area contributed by atoms with Crippen LogP contribution in [0.4, 0.5) is 5.95 Å². The molecule has 2 N–H and O–H groups in total. The first-order valence-corrected chi connectivity index (χ1v) is 10.8. The predicted octanol–water partition coefficient (Wildman–Crippen LogP) is -1.84. The van der Waals surface area contributed by atoms with E-state index < -0.39 is 11.9 Å². The van der Waals surface area contributed by atoms with E-state index in [0.29, 0.717) is 30.7 Å². The molecule has 0 spiro atoms. The van der Waals surface area contributed by atoms with Crippen molar-refractivity contribution in [2.24, 2.45) is 5.92 Å². The Labute approximate surface area is 218 Å². The topological polar surface area (TPSA) is 136 Å². The molecule has 2 aromatic heterocycles. The van der Waals surface area contributed by atoms with E-state index in [1.807, 2.05) is 30.3 Å². The number of benzene rings is 1. The molecule has 0 saturated carbocycles. The molecule has 0 atom stereocenters. The van der Waals surface area contributed by atoms with Crippen molar-refractivity contribution in [1.82, 2.24) is 14.5 Å². The van der Waals surface area contributed by atoms with E-state index in [2.05, 4.69) is 15.3 Å². The van der Waals surface area contributed by atoms with Crippen LogP contribution in [0.2, 0.25) is 0 Å². The van der Waals surface area contributed by atoms with Gasteiger partial charge in [-0.1, -0.05) is 35.3 Å². The van der Waals surface area contributed by atoms with Crippen molar-refractivity contribution in [3.8, 4) is 0 Å². The summed E-state index contributed by atoms with van der Waals surface area (Å²) in [6.45, 7) is 4.99. The maximum Gasteiger partial charge on any atom is 0.311 e. The first-order chi connectivity index (χ1) is 16.2. The molecule has 0 aliphatic rings. The van der Waals surface area contributed by atoms with E-state index in [9.17, 15) is 19.2 Å². The first kappa shape index (κ1) is 28.0. The molecule has 12 heteroatoms. The van der Waals surface area contributed by atoms with Crippen molar-refractivity contribution in [2.75, 3.05) is 18.5 Å². The third kappa shape index (κ3) is 8.16. The van der Waals surface area contributed by atoms with Crippen LogP contribution in [-0.4, -0.2) is 45.6 Å². The van der Waals surface area contributed by atoms with Gasteiger partial charge in [0, 0.05) is 26.7 Å². The number of hydrogen-bond acceptors (Lipinski definition) is 7. The van der Waals surface area contributed by atoms with Crippen LogP contribution in [0.15, 0.2) is 41.5 Å². The lowest BCUT2D eigenvalue weighted by molar-refractivity contribution is -0.675. The van der Waals surface area contributed by atoms with Gasteiger partial charge in [0.1, 0.15) is 0 Å². The number of aromatic nitrogens is 4. The molecule has 2 heterocycles. The normalized spacial score (nSPS) is 10.6. The Hall–Kier alpha value is -3.29. The summed E-state index contributed by atoms with van der Waals surface area (Å²) in [5, 5.41) is 2.51. The van der Waals surface area contributed by atoms with Crippen LogP contribution in [0.3, 0.4) is 0 Å². The van der Waals surface area contributed by atoms with Crippen molar-refractivity contribution >= 4 is 35.0 Å². The van der Waals surface area contributed by atoms with Gasteiger partial charge in [0.2, 0.25) is 11.4 Å². The fourth-order valence-corrected chi connectivity index (χ4v) is 3.49. The second kappa shape index (κ2) is 13.0. The number of halogens is 1. The van der Waals surface area contributed by atoms with Crippen LogP contribution >= 0.6 is 0 Å². The lowest BCUT2D eigenvalue weighted by Gasteiger charge is -2.15. The average Bonchev–Trinajstić information content (AvgIpc) is 3.10. The number of esters is 2. The highest BCUT2D eigenvalue weighted by molar-refractivity contribution is 5.87. The van der Waals surface area contributed by atoms with Crippen molar-refractivity contribution in [3.63, 3.8) is 0 Å². The van der Waals surface area contributed by atoms with Gasteiger partial charge < -0.3 is 33.5 Å². The Morgan fingerprint density at radius 1 is 1.09 bits per heavy atom. The molecule has 0 fully saturated rings. The van der Waals surface area contributed by atoms with Crippen molar-refractivity contribution in [3.05, 3.63) is 52.6 Å². The molecule has 11 nitrogen and oxygen atoms in total. The van der Waals surface area contributed by atoms with Crippen LogP contribution in [0.25, 0.3) is 11.2 Å². The van der Waals surface area contributed by atoms with E-state index in [-0.39, 0.29) is 60.5 Å². The van der Waals surface area contributed by atoms with E-state index in [1.165, 1.54) is 20.8 Å². The molecule has 188 valence electrons. The van der Waals surface area contributed by atoms with Gasteiger partial charge in [-0.05, 0) is 12.0 Å². The maximum atomic E-state index is 12.9. The Morgan fingerprint density at radius 2 is 1.71 bits per heavy atom. The molecule has 0 radical (unpaired) electrons. The molecular weight excluding hydrogens is 569 g/mol. The van der Waals surface area contributed by atoms with Gasteiger partial charge in [0.25, 0.3) is 11.5 Å². The predicted molar refractivity (Wildman–Crippen MR) is 122 cm³/mol. The van der Waals surface area contributed by atoms with Crippen LogP contribution < -0.4 is 39.4 Å². The van der Waals surface area contributed by atoms with E-state index in [4.69, 9.17) is 9.47 Å². The SMILES string of the molecule is CC(=O)Nc1nc2c(c(=O)[nH]1)n(Cc1ccccc1)c[n+]2CCC(COC(C)=O)COC(C)=O.[I-]. The number of H-pyrrole nitrogens is 1. The summed E-state index contributed by atoms with van der Waals surface area (Å²) in [5.74, 6) is -1.40. The van der Waals surface area contributed by atoms with E-state index >= 15 is 0 Å². The molecule has 0 unspecified atom stereocenters. The summed E-state index contributed by atoms with van der Waals surface area (Å²) in [6.07, 6.45) is 2.27. The summed E-state index contributed by atoms with van der Waals surface area (Å²) >= 11 is 0. The second-order valence-corrected chi connectivity index (χ2v) is 7.95. The Morgan fingerprint density at radius 3 is 2.29 bits per heavy atom. The number of ether oxygens (including phenoxy) is 2. The summed E-state index contributed by atoms with van der Waals surface area (Å²) in [6, 6.07) is 9.66. The van der Waals surface area contributed by atoms with Gasteiger partial charge in [-0.15, -0.1) is 0 Å². The number of hydrogen-bond donors (Lipinski definition) is 2. The minimum atomic E-state index is -0.423. The van der Waals surface area contributed by atoms with Crippen LogP contribution in [-0.2, 0) is 36.9 Å².